The zero-order valence-corrected chi connectivity index (χ0v) is 10.2. The molecule has 6 rings (SSSR count). The van der Waals surface area contributed by atoms with Gasteiger partial charge in [-0.3, -0.25) is 19.2 Å². The van der Waals surface area contributed by atoms with E-state index in [-0.39, 0.29) is 23.7 Å². The minimum absolute atomic E-state index is 0.0614. The molecule has 0 amide bonds. The fourth-order valence-electron chi connectivity index (χ4n) is 5.20. The number of carbonyl (C=O) groups excluding carboxylic acids is 4. The Kier molecular flexibility index (Phi) is 1.63. The largest absolute Gasteiger partial charge is 0.393 e. The number of hydrogen-bond acceptors (Lipinski definition) is 6. The van der Waals surface area contributed by atoms with E-state index >= 15 is 0 Å². The first-order chi connectivity index (χ1) is 9.59. The van der Waals surface area contributed by atoms with Crippen molar-refractivity contribution in [1.29, 1.82) is 0 Å². The highest BCUT2D eigenvalue weighted by Crippen LogP contribution is 2.67. The molecule has 2 saturated carbocycles. The molecule has 0 radical (unpaired) electrons. The van der Waals surface area contributed by atoms with Crippen molar-refractivity contribution in [2.75, 3.05) is 0 Å². The molecule has 102 valence electrons. The van der Waals surface area contributed by atoms with Crippen molar-refractivity contribution < 1.29 is 28.7 Å². The molecule has 2 bridgehead atoms. The second-order valence-corrected chi connectivity index (χ2v) is 6.28. The summed E-state index contributed by atoms with van der Waals surface area (Å²) in [5.74, 6) is -4.26. The van der Waals surface area contributed by atoms with Gasteiger partial charge in [0.15, 0.2) is 0 Å². The second kappa shape index (κ2) is 3.02. The number of hydrogen-bond donors (Lipinski definition) is 0. The molecule has 0 spiro atoms. The molecular weight excluding hydrogens is 264 g/mol. The summed E-state index contributed by atoms with van der Waals surface area (Å²) in [5.41, 5.74) is 0. The van der Waals surface area contributed by atoms with Crippen LogP contribution in [0.4, 0.5) is 0 Å². The van der Waals surface area contributed by atoms with E-state index in [1.807, 2.05) is 12.2 Å². The molecule has 6 aliphatic rings. The summed E-state index contributed by atoms with van der Waals surface area (Å²) in [6.45, 7) is 0. The van der Waals surface area contributed by atoms with Gasteiger partial charge in [-0.1, -0.05) is 12.2 Å². The molecule has 0 N–H and O–H groups in total. The summed E-state index contributed by atoms with van der Waals surface area (Å²) in [7, 11) is 0. The van der Waals surface area contributed by atoms with Crippen LogP contribution in [-0.2, 0) is 28.7 Å². The fraction of sp³-hybridized carbons (Fsp3) is 0.571. The Morgan fingerprint density at radius 1 is 0.600 bits per heavy atom. The average Bonchev–Trinajstić information content (AvgIpc) is 2.78. The van der Waals surface area contributed by atoms with E-state index in [0.29, 0.717) is 0 Å². The molecule has 4 fully saturated rings. The summed E-state index contributed by atoms with van der Waals surface area (Å²) in [5, 5.41) is 0. The normalized spacial score (nSPS) is 54.0. The van der Waals surface area contributed by atoms with E-state index in [4.69, 9.17) is 9.47 Å². The molecule has 8 atom stereocenters. The Labute approximate surface area is 113 Å². The van der Waals surface area contributed by atoms with Gasteiger partial charge >= 0.3 is 23.9 Å². The topological polar surface area (TPSA) is 86.7 Å². The van der Waals surface area contributed by atoms with Gasteiger partial charge < -0.3 is 9.47 Å². The van der Waals surface area contributed by atoms with Crippen LogP contribution in [0.1, 0.15) is 0 Å². The van der Waals surface area contributed by atoms with Gasteiger partial charge in [0.25, 0.3) is 0 Å². The predicted molar refractivity (Wildman–Crippen MR) is 59.3 cm³/mol. The SMILES string of the molecule is O=C1OC(=O)[C@@H]2[C@@H]3C=C[C@@H]([C@@H]12)[C@H]1[C@H]2C(=O)OC(=O)[C@@H]2[C@H]31. The third-order valence-electron chi connectivity index (χ3n) is 5.81. The Hall–Kier alpha value is -1.98. The minimum atomic E-state index is -0.487. The lowest BCUT2D eigenvalue weighted by Crippen LogP contribution is -2.63. The van der Waals surface area contributed by atoms with Crippen LogP contribution in [0, 0.1) is 47.3 Å². The maximum atomic E-state index is 11.9. The van der Waals surface area contributed by atoms with Crippen LogP contribution < -0.4 is 0 Å². The highest BCUT2D eigenvalue weighted by molar-refractivity contribution is 6.01. The number of carbonyl (C=O) groups is 4. The van der Waals surface area contributed by atoms with Crippen molar-refractivity contribution in [3.8, 4) is 0 Å². The van der Waals surface area contributed by atoms with Crippen LogP contribution in [0.5, 0.6) is 0 Å². The molecule has 6 nitrogen and oxygen atoms in total. The molecule has 0 unspecified atom stereocenters. The van der Waals surface area contributed by atoms with Crippen LogP contribution in [0.15, 0.2) is 12.2 Å². The van der Waals surface area contributed by atoms with E-state index in [2.05, 4.69) is 0 Å². The lowest BCUT2D eigenvalue weighted by molar-refractivity contribution is -0.166. The zero-order valence-electron chi connectivity index (χ0n) is 10.2. The minimum Gasteiger partial charge on any atom is -0.393 e. The van der Waals surface area contributed by atoms with Gasteiger partial charge in [-0.15, -0.1) is 0 Å². The molecule has 20 heavy (non-hydrogen) atoms. The van der Waals surface area contributed by atoms with Gasteiger partial charge in [0, 0.05) is 0 Å². The maximum absolute atomic E-state index is 11.9. The van der Waals surface area contributed by atoms with Crippen molar-refractivity contribution in [3.05, 3.63) is 12.2 Å². The summed E-state index contributed by atoms with van der Waals surface area (Å²) in [6.07, 6.45) is 3.83. The Morgan fingerprint density at radius 2 is 0.950 bits per heavy atom. The van der Waals surface area contributed by atoms with Crippen molar-refractivity contribution in [2.45, 2.75) is 0 Å². The van der Waals surface area contributed by atoms with Gasteiger partial charge in [0.2, 0.25) is 0 Å². The number of ether oxygens (including phenoxy) is 2. The lowest BCUT2D eigenvalue weighted by atomic mass is 9.40. The van der Waals surface area contributed by atoms with Crippen molar-refractivity contribution in [1.82, 2.24) is 0 Å². The number of allylic oxidation sites excluding steroid dienone is 2. The Bertz CT molecular complexity index is 582. The molecule has 2 saturated heterocycles. The van der Waals surface area contributed by atoms with E-state index in [9.17, 15) is 19.2 Å². The van der Waals surface area contributed by atoms with Gasteiger partial charge in [0.1, 0.15) is 0 Å². The Balaban J connectivity index is 1.63. The molecule has 0 aromatic carbocycles. The van der Waals surface area contributed by atoms with Crippen molar-refractivity contribution >= 4 is 23.9 Å². The number of fused-ring (bicyclic) bond motifs is 1. The van der Waals surface area contributed by atoms with E-state index < -0.39 is 47.5 Å². The van der Waals surface area contributed by atoms with Gasteiger partial charge in [-0.05, 0) is 23.7 Å². The summed E-state index contributed by atoms with van der Waals surface area (Å²) < 4.78 is 9.50. The molecular formula is C14H10O6. The van der Waals surface area contributed by atoms with Gasteiger partial charge in [-0.25, -0.2) is 0 Å². The van der Waals surface area contributed by atoms with E-state index in [1.54, 1.807) is 0 Å². The molecule has 2 aliphatic heterocycles. The first kappa shape index (κ1) is 10.8. The predicted octanol–water partition coefficient (Wildman–Crippen LogP) is -0.320. The van der Waals surface area contributed by atoms with Crippen LogP contribution in [0.2, 0.25) is 0 Å². The van der Waals surface area contributed by atoms with Crippen LogP contribution >= 0.6 is 0 Å². The van der Waals surface area contributed by atoms with Crippen LogP contribution in [0.3, 0.4) is 0 Å². The molecule has 2 heterocycles. The molecule has 0 aromatic heterocycles. The zero-order chi connectivity index (χ0) is 13.8. The van der Waals surface area contributed by atoms with E-state index in [0.717, 1.165) is 0 Å². The number of cyclic esters (lactones) is 4. The summed E-state index contributed by atoms with van der Waals surface area (Å²) >= 11 is 0. The van der Waals surface area contributed by atoms with Crippen LogP contribution in [-0.4, -0.2) is 23.9 Å². The monoisotopic (exact) mass is 274 g/mol. The highest BCUT2D eigenvalue weighted by Gasteiger charge is 2.74. The number of rotatable bonds is 0. The summed E-state index contributed by atoms with van der Waals surface area (Å²) in [4.78, 5) is 47.3. The second-order valence-electron chi connectivity index (χ2n) is 6.28. The lowest BCUT2D eigenvalue weighted by Gasteiger charge is -2.59. The standard InChI is InChI=1S/C14H10O6/c15-11-7-3-1-2-4(8(7)12(16)19-11)6-5(3)9-10(6)14(18)20-13(9)17/h1-10H/t3-,4-,5-,6-,7-,8-,9-,10-/m1/s1. The van der Waals surface area contributed by atoms with E-state index in [1.165, 1.54) is 0 Å². The average molecular weight is 274 g/mol. The van der Waals surface area contributed by atoms with Crippen molar-refractivity contribution in [2.24, 2.45) is 47.3 Å². The maximum Gasteiger partial charge on any atom is 0.318 e. The smallest absolute Gasteiger partial charge is 0.318 e. The third kappa shape index (κ3) is 0.910. The van der Waals surface area contributed by atoms with Crippen LogP contribution in [0.25, 0.3) is 0 Å². The third-order valence-corrected chi connectivity index (χ3v) is 5.81. The van der Waals surface area contributed by atoms with Gasteiger partial charge in [0.05, 0.1) is 23.7 Å². The quantitative estimate of drug-likeness (QED) is 0.342. The van der Waals surface area contributed by atoms with Gasteiger partial charge in [-0.2, -0.15) is 0 Å². The van der Waals surface area contributed by atoms with Crippen molar-refractivity contribution in [3.63, 3.8) is 0 Å². The first-order valence-corrected chi connectivity index (χ1v) is 6.79. The number of esters is 4. The summed E-state index contributed by atoms with van der Waals surface area (Å²) in [6, 6.07) is 0. The fourth-order valence-corrected chi connectivity index (χ4v) is 5.20. The highest BCUT2D eigenvalue weighted by atomic mass is 16.6. The Morgan fingerprint density at radius 3 is 1.35 bits per heavy atom. The molecule has 4 aliphatic carbocycles. The molecule has 0 aromatic rings. The first-order valence-electron chi connectivity index (χ1n) is 6.79. The molecule has 6 heteroatoms.